The second-order valence-electron chi connectivity index (χ2n) is 0.709. The van der Waals surface area contributed by atoms with E-state index in [9.17, 15) is 0 Å². The molecule has 0 aliphatic carbocycles. The average Bonchev–Trinajstić information content (AvgIpc) is 1.69. The first-order chi connectivity index (χ1) is 3.41. The zero-order valence-electron chi connectivity index (χ0n) is 4.34. The molecule has 0 aromatic heterocycles. The fraction of sp³-hybridized carbons (Fsp3) is 1.00. The molecule has 0 saturated heterocycles. The molecule has 0 N–H and O–H groups in total. The Morgan fingerprint density at radius 3 is 2.71 bits per heavy atom. The molecule has 0 aliphatic rings. The molecule has 0 saturated carbocycles. The van der Waals surface area contributed by atoms with E-state index in [1.54, 1.807) is 0 Å². The predicted octanol–water partition coefficient (Wildman–Crippen LogP) is 2.28. The predicted molar refractivity (Wildman–Crippen MR) is 45.0 cm³/mol. The Morgan fingerprint density at radius 1 is 1.57 bits per heavy atom. The fourth-order valence-corrected chi connectivity index (χ4v) is 8.90. The SMILES string of the molecule is CCSS[Se]SC. The van der Waals surface area contributed by atoms with Crippen molar-refractivity contribution in [2.24, 2.45) is 0 Å². The summed E-state index contributed by atoms with van der Waals surface area (Å²) in [6, 6.07) is 0. The Kier molecular flexibility index (Phi) is 9.27. The van der Waals surface area contributed by atoms with Crippen LogP contribution in [0.2, 0.25) is 0 Å². The number of rotatable bonds is 4. The number of hydrogen-bond acceptors (Lipinski definition) is 3. The van der Waals surface area contributed by atoms with Crippen molar-refractivity contribution in [3.05, 3.63) is 0 Å². The van der Waals surface area contributed by atoms with Gasteiger partial charge in [0.1, 0.15) is 0 Å². The number of hydrogen-bond donors (Lipinski definition) is 0. The van der Waals surface area contributed by atoms with E-state index in [1.807, 2.05) is 30.2 Å². The fourth-order valence-electron chi connectivity index (χ4n) is 0.0955. The van der Waals surface area contributed by atoms with Gasteiger partial charge in [0.15, 0.2) is 0 Å². The van der Waals surface area contributed by atoms with Crippen LogP contribution in [0.5, 0.6) is 0 Å². The van der Waals surface area contributed by atoms with Crippen LogP contribution in [0.25, 0.3) is 0 Å². The van der Waals surface area contributed by atoms with E-state index in [0.29, 0.717) is 0 Å². The van der Waals surface area contributed by atoms with Crippen LogP contribution in [0.1, 0.15) is 6.92 Å². The van der Waals surface area contributed by atoms with Crippen LogP contribution in [0.15, 0.2) is 0 Å². The second-order valence-corrected chi connectivity index (χ2v) is 10.9. The third-order valence-electron chi connectivity index (χ3n) is 0.262. The van der Waals surface area contributed by atoms with Crippen LogP contribution >= 0.6 is 30.2 Å². The molecule has 44 valence electrons. The van der Waals surface area contributed by atoms with Gasteiger partial charge in [-0.3, -0.25) is 0 Å². The molecule has 0 heterocycles. The van der Waals surface area contributed by atoms with Gasteiger partial charge in [0.25, 0.3) is 0 Å². The van der Waals surface area contributed by atoms with Crippen molar-refractivity contribution < 1.29 is 0 Å². The Labute approximate surface area is 61.7 Å². The summed E-state index contributed by atoms with van der Waals surface area (Å²) >= 11 is 0.765. The summed E-state index contributed by atoms with van der Waals surface area (Å²) in [6.45, 7) is 2.19. The molecule has 0 aromatic rings. The molecule has 0 radical (unpaired) electrons. The summed E-state index contributed by atoms with van der Waals surface area (Å²) in [6.07, 6.45) is 2.16. The van der Waals surface area contributed by atoms with Crippen molar-refractivity contribution in [3.63, 3.8) is 0 Å². The van der Waals surface area contributed by atoms with E-state index >= 15 is 0 Å². The molecule has 0 atom stereocenters. The Hall–Kier alpha value is 1.57. The van der Waals surface area contributed by atoms with Crippen LogP contribution in [-0.2, 0) is 0 Å². The van der Waals surface area contributed by atoms with Crippen molar-refractivity contribution in [2.75, 3.05) is 12.0 Å². The molecule has 0 amide bonds. The van der Waals surface area contributed by atoms with Crippen LogP contribution < -0.4 is 0 Å². The van der Waals surface area contributed by atoms with Gasteiger partial charge >= 0.3 is 61.8 Å². The van der Waals surface area contributed by atoms with Gasteiger partial charge in [-0.05, 0) is 0 Å². The molecule has 0 fully saturated rings. The van der Waals surface area contributed by atoms with Gasteiger partial charge in [-0.1, -0.05) is 0 Å². The summed E-state index contributed by atoms with van der Waals surface area (Å²) in [5, 5.41) is 0. The van der Waals surface area contributed by atoms with Crippen LogP contribution in [0, 0.1) is 0 Å². The van der Waals surface area contributed by atoms with Crippen molar-refractivity contribution in [3.8, 4) is 0 Å². The Balaban J connectivity index is 2.45. The summed E-state index contributed by atoms with van der Waals surface area (Å²) in [7, 11) is 5.90. The first kappa shape index (κ1) is 8.57. The van der Waals surface area contributed by atoms with E-state index in [1.165, 1.54) is 5.75 Å². The summed E-state index contributed by atoms with van der Waals surface area (Å²) in [4.78, 5) is 0. The molecule has 7 heavy (non-hydrogen) atoms. The van der Waals surface area contributed by atoms with Crippen molar-refractivity contribution in [1.82, 2.24) is 0 Å². The first-order valence-electron chi connectivity index (χ1n) is 1.90. The van der Waals surface area contributed by atoms with Gasteiger partial charge in [0.05, 0.1) is 0 Å². The maximum atomic E-state index is 2.19. The third kappa shape index (κ3) is 7.57. The molecule has 4 heteroatoms. The topological polar surface area (TPSA) is 0 Å². The monoisotopic (exact) mass is 220 g/mol. The quantitative estimate of drug-likeness (QED) is 0.404. The zero-order chi connectivity index (χ0) is 5.54. The van der Waals surface area contributed by atoms with E-state index in [4.69, 9.17) is 0 Å². The van der Waals surface area contributed by atoms with E-state index in [2.05, 4.69) is 13.2 Å². The maximum absolute atomic E-state index is 2.19. The van der Waals surface area contributed by atoms with Crippen LogP contribution in [0.4, 0.5) is 0 Å². The van der Waals surface area contributed by atoms with E-state index < -0.39 is 0 Å². The summed E-state index contributed by atoms with van der Waals surface area (Å²) in [5.41, 5.74) is 0. The first-order valence-corrected chi connectivity index (χ1v) is 9.49. The minimum atomic E-state index is 0.765. The molecule has 0 spiro atoms. The van der Waals surface area contributed by atoms with Gasteiger partial charge in [-0.25, -0.2) is 0 Å². The average molecular weight is 219 g/mol. The molecule has 0 unspecified atom stereocenters. The van der Waals surface area contributed by atoms with Gasteiger partial charge in [-0.15, -0.1) is 0 Å². The zero-order valence-corrected chi connectivity index (χ0v) is 8.50. The molecular weight excluding hydrogens is 211 g/mol. The van der Waals surface area contributed by atoms with Gasteiger partial charge in [-0.2, -0.15) is 0 Å². The minimum absolute atomic E-state index is 0.765. The van der Waals surface area contributed by atoms with Gasteiger partial charge in [0.2, 0.25) is 0 Å². The van der Waals surface area contributed by atoms with Crippen molar-refractivity contribution in [2.45, 2.75) is 6.92 Å². The molecule has 0 rings (SSSR count). The van der Waals surface area contributed by atoms with Crippen LogP contribution in [0.3, 0.4) is 0 Å². The normalized spacial score (nSPS) is 9.43. The molecule has 0 nitrogen and oxygen atoms in total. The van der Waals surface area contributed by atoms with E-state index in [0.717, 1.165) is 12.7 Å². The van der Waals surface area contributed by atoms with Crippen molar-refractivity contribution in [1.29, 1.82) is 0 Å². The standard InChI is InChI=1S/C3H8S3Se/c1-3-5-6-7-4-2/h3H2,1-2H3. The van der Waals surface area contributed by atoms with Gasteiger partial charge < -0.3 is 0 Å². The van der Waals surface area contributed by atoms with Crippen molar-refractivity contribution >= 4 is 42.9 Å². The Morgan fingerprint density at radius 2 is 2.29 bits per heavy atom. The summed E-state index contributed by atoms with van der Waals surface area (Å²) in [5.74, 6) is 1.24. The van der Waals surface area contributed by atoms with Crippen LogP contribution in [-0.4, -0.2) is 24.7 Å². The van der Waals surface area contributed by atoms with E-state index in [-0.39, 0.29) is 0 Å². The third-order valence-corrected chi connectivity index (χ3v) is 10.4. The van der Waals surface area contributed by atoms with Gasteiger partial charge in [0, 0.05) is 0 Å². The summed E-state index contributed by atoms with van der Waals surface area (Å²) < 4.78 is 0. The molecule has 0 aliphatic heterocycles. The molecule has 0 bridgehead atoms. The Bertz CT molecular complexity index is 29.4. The molecular formula is C3H8S3Se. The second kappa shape index (κ2) is 7.57. The molecule has 0 aromatic carbocycles.